The van der Waals surface area contributed by atoms with Crippen molar-refractivity contribution in [1.82, 2.24) is 5.32 Å². The molecule has 0 aliphatic carbocycles. The van der Waals surface area contributed by atoms with Crippen molar-refractivity contribution in [2.24, 2.45) is 5.73 Å². The quantitative estimate of drug-likeness (QED) is 0.828. The zero-order valence-electron chi connectivity index (χ0n) is 12.5. The Morgan fingerprint density at radius 1 is 1.37 bits per heavy atom. The van der Waals surface area contributed by atoms with Crippen molar-refractivity contribution < 1.29 is 4.79 Å². The van der Waals surface area contributed by atoms with E-state index in [2.05, 4.69) is 43.4 Å². The number of hydrogen-bond donors (Lipinski definition) is 2. The fourth-order valence-corrected chi connectivity index (χ4v) is 2.09. The number of nitrogens with two attached hydrogens (primary N) is 1. The molecule has 0 fully saturated rings. The maximum Gasteiger partial charge on any atom is 0.239 e. The number of amides is 1. The van der Waals surface area contributed by atoms with Gasteiger partial charge < -0.3 is 11.1 Å². The van der Waals surface area contributed by atoms with E-state index < -0.39 is 5.54 Å². The predicted octanol–water partition coefficient (Wildman–Crippen LogP) is 2.73. The monoisotopic (exact) mass is 262 g/mol. The molecule has 0 aliphatic rings. The molecular weight excluding hydrogens is 236 g/mol. The molecule has 0 saturated heterocycles. The molecule has 106 valence electrons. The Balaban J connectivity index is 2.52. The molecule has 0 saturated carbocycles. The number of carbonyl (C=O) groups is 1. The van der Waals surface area contributed by atoms with Gasteiger partial charge in [0, 0.05) is 6.54 Å². The topological polar surface area (TPSA) is 55.1 Å². The van der Waals surface area contributed by atoms with Crippen LogP contribution in [-0.4, -0.2) is 18.0 Å². The van der Waals surface area contributed by atoms with Crippen LogP contribution in [0.25, 0.3) is 0 Å². The summed E-state index contributed by atoms with van der Waals surface area (Å²) in [6, 6.07) is 8.41. The normalized spacial score (nSPS) is 15.6. The third-order valence-electron chi connectivity index (χ3n) is 3.50. The highest BCUT2D eigenvalue weighted by atomic mass is 16.2. The van der Waals surface area contributed by atoms with Gasteiger partial charge in [0.2, 0.25) is 5.91 Å². The van der Waals surface area contributed by atoms with Crippen LogP contribution in [0.15, 0.2) is 24.3 Å². The van der Waals surface area contributed by atoms with Crippen LogP contribution in [0.1, 0.15) is 50.7 Å². The Bertz CT molecular complexity index is 409. The van der Waals surface area contributed by atoms with Crippen molar-refractivity contribution in [3.63, 3.8) is 0 Å². The first-order valence-electron chi connectivity index (χ1n) is 7.00. The van der Waals surface area contributed by atoms with E-state index in [1.165, 1.54) is 11.1 Å². The Morgan fingerprint density at radius 2 is 1.95 bits per heavy atom. The maximum atomic E-state index is 12.0. The lowest BCUT2D eigenvalue weighted by molar-refractivity contribution is -0.126. The van der Waals surface area contributed by atoms with E-state index in [0.29, 0.717) is 18.9 Å². The fraction of sp³-hybridized carbons (Fsp3) is 0.562. The molecule has 19 heavy (non-hydrogen) atoms. The van der Waals surface area contributed by atoms with E-state index >= 15 is 0 Å². The van der Waals surface area contributed by atoms with Crippen molar-refractivity contribution >= 4 is 5.91 Å². The van der Waals surface area contributed by atoms with E-state index in [-0.39, 0.29) is 5.91 Å². The molecule has 2 unspecified atom stereocenters. The summed E-state index contributed by atoms with van der Waals surface area (Å²) >= 11 is 0. The van der Waals surface area contributed by atoms with Gasteiger partial charge in [0.05, 0.1) is 5.54 Å². The van der Waals surface area contributed by atoms with Crippen molar-refractivity contribution in [1.29, 1.82) is 0 Å². The highest BCUT2D eigenvalue weighted by Crippen LogP contribution is 2.15. The van der Waals surface area contributed by atoms with Gasteiger partial charge in [0.25, 0.3) is 0 Å². The number of benzene rings is 1. The zero-order chi connectivity index (χ0) is 14.5. The molecule has 0 radical (unpaired) electrons. The first kappa shape index (κ1) is 15.7. The summed E-state index contributed by atoms with van der Waals surface area (Å²) in [7, 11) is 0. The Labute approximate surface area is 116 Å². The summed E-state index contributed by atoms with van der Waals surface area (Å²) in [5.74, 6) is 0.232. The van der Waals surface area contributed by atoms with Crippen LogP contribution in [0.3, 0.4) is 0 Å². The molecule has 3 heteroatoms. The van der Waals surface area contributed by atoms with Crippen LogP contribution in [0.5, 0.6) is 0 Å². The Morgan fingerprint density at radius 3 is 2.47 bits per heavy atom. The maximum absolute atomic E-state index is 12.0. The molecule has 0 aliphatic heterocycles. The van der Waals surface area contributed by atoms with E-state index in [1.807, 2.05) is 6.92 Å². The summed E-state index contributed by atoms with van der Waals surface area (Å²) < 4.78 is 0. The lowest BCUT2D eigenvalue weighted by Crippen LogP contribution is -2.52. The van der Waals surface area contributed by atoms with Gasteiger partial charge in [-0.1, -0.05) is 50.1 Å². The summed E-state index contributed by atoms with van der Waals surface area (Å²) in [4.78, 5) is 12.0. The van der Waals surface area contributed by atoms with Crippen LogP contribution in [0.2, 0.25) is 0 Å². The van der Waals surface area contributed by atoms with E-state index in [4.69, 9.17) is 5.73 Å². The lowest BCUT2D eigenvalue weighted by Gasteiger charge is -2.24. The molecule has 0 aromatic heterocycles. The number of nitrogens with one attached hydrogen (secondary N) is 1. The first-order valence-corrected chi connectivity index (χ1v) is 7.00. The molecule has 1 rings (SSSR count). The van der Waals surface area contributed by atoms with Crippen molar-refractivity contribution in [2.45, 2.75) is 52.0 Å². The summed E-state index contributed by atoms with van der Waals surface area (Å²) in [5.41, 5.74) is 7.73. The average molecular weight is 262 g/mol. The van der Waals surface area contributed by atoms with Gasteiger partial charge in [-0.2, -0.15) is 0 Å². The molecule has 1 amide bonds. The number of carbonyl (C=O) groups excluding carboxylic acids is 1. The Hall–Kier alpha value is -1.35. The molecule has 0 spiro atoms. The van der Waals surface area contributed by atoms with Crippen LogP contribution in [0, 0.1) is 6.92 Å². The van der Waals surface area contributed by atoms with Crippen molar-refractivity contribution in [2.75, 3.05) is 6.54 Å². The van der Waals surface area contributed by atoms with Gasteiger partial charge in [-0.3, -0.25) is 4.79 Å². The summed E-state index contributed by atoms with van der Waals surface area (Å²) in [6.07, 6.45) is 1.62. The van der Waals surface area contributed by atoms with Gasteiger partial charge in [0.15, 0.2) is 0 Å². The smallest absolute Gasteiger partial charge is 0.239 e. The summed E-state index contributed by atoms with van der Waals surface area (Å²) in [5, 5.41) is 2.96. The van der Waals surface area contributed by atoms with Gasteiger partial charge in [0.1, 0.15) is 0 Å². The molecule has 3 N–H and O–H groups in total. The van der Waals surface area contributed by atoms with Crippen LogP contribution < -0.4 is 11.1 Å². The van der Waals surface area contributed by atoms with Crippen LogP contribution >= 0.6 is 0 Å². The largest absolute Gasteiger partial charge is 0.354 e. The van der Waals surface area contributed by atoms with Gasteiger partial charge >= 0.3 is 0 Å². The molecule has 0 heterocycles. The fourth-order valence-electron chi connectivity index (χ4n) is 2.09. The number of rotatable bonds is 6. The Kier molecular flexibility index (Phi) is 5.55. The van der Waals surface area contributed by atoms with Gasteiger partial charge in [-0.05, 0) is 31.7 Å². The third-order valence-corrected chi connectivity index (χ3v) is 3.50. The number of hydrogen-bond acceptors (Lipinski definition) is 2. The zero-order valence-corrected chi connectivity index (χ0v) is 12.5. The predicted molar refractivity (Wildman–Crippen MR) is 80.1 cm³/mol. The van der Waals surface area contributed by atoms with E-state index in [0.717, 1.165) is 6.42 Å². The minimum Gasteiger partial charge on any atom is -0.354 e. The van der Waals surface area contributed by atoms with Gasteiger partial charge in [-0.25, -0.2) is 0 Å². The standard InChI is InChI=1S/C16H26N2O/c1-5-10-16(4,17)15(19)18-11-13(3)14-8-6-12(2)7-9-14/h6-9,13H,5,10-11,17H2,1-4H3,(H,18,19). The highest BCUT2D eigenvalue weighted by Gasteiger charge is 2.27. The molecule has 3 nitrogen and oxygen atoms in total. The SMILES string of the molecule is CCCC(C)(N)C(=O)NCC(C)c1ccc(C)cc1. The minimum atomic E-state index is -0.762. The van der Waals surface area contributed by atoms with E-state index in [9.17, 15) is 4.79 Å². The second kappa shape index (κ2) is 6.71. The number of aryl methyl sites for hydroxylation is 1. The van der Waals surface area contributed by atoms with Crippen molar-refractivity contribution in [3.8, 4) is 0 Å². The summed E-state index contributed by atoms with van der Waals surface area (Å²) in [6.45, 7) is 8.63. The molecule has 0 bridgehead atoms. The first-order chi connectivity index (χ1) is 8.86. The lowest BCUT2D eigenvalue weighted by atomic mass is 9.95. The second-order valence-corrected chi connectivity index (χ2v) is 5.69. The van der Waals surface area contributed by atoms with Gasteiger partial charge in [-0.15, -0.1) is 0 Å². The molecule has 1 aromatic rings. The minimum absolute atomic E-state index is 0.0617. The molecular formula is C16H26N2O. The molecule has 2 atom stereocenters. The molecule has 1 aromatic carbocycles. The van der Waals surface area contributed by atoms with E-state index in [1.54, 1.807) is 6.92 Å². The van der Waals surface area contributed by atoms with Crippen LogP contribution in [0.4, 0.5) is 0 Å². The second-order valence-electron chi connectivity index (χ2n) is 5.69. The van der Waals surface area contributed by atoms with Crippen molar-refractivity contribution in [3.05, 3.63) is 35.4 Å². The third kappa shape index (κ3) is 4.67. The van der Waals surface area contributed by atoms with Crippen LogP contribution in [-0.2, 0) is 4.79 Å². The highest BCUT2D eigenvalue weighted by molar-refractivity contribution is 5.85. The average Bonchev–Trinajstić information content (AvgIpc) is 2.36.